The SMILES string of the molecule is O=C([C@@H]1CNC[C@]12CCCc1nc(Cl)ccc12)N1CC[C@@H](c2ccccc2)CC1CCC(F)(F)F. The van der Waals surface area contributed by atoms with Gasteiger partial charge in [0.05, 0.1) is 5.92 Å². The van der Waals surface area contributed by atoms with E-state index in [4.69, 9.17) is 11.6 Å². The van der Waals surface area contributed by atoms with Crippen LogP contribution < -0.4 is 5.32 Å². The van der Waals surface area contributed by atoms with Crippen LogP contribution in [0, 0.1) is 5.92 Å². The van der Waals surface area contributed by atoms with Gasteiger partial charge in [-0.3, -0.25) is 4.79 Å². The lowest BCUT2D eigenvalue weighted by molar-refractivity contribution is -0.149. The predicted octanol–water partition coefficient (Wildman–Crippen LogP) is 5.65. The van der Waals surface area contributed by atoms with Crippen LogP contribution in [-0.4, -0.2) is 47.6 Å². The van der Waals surface area contributed by atoms with Gasteiger partial charge in [-0.25, -0.2) is 4.98 Å². The van der Waals surface area contributed by atoms with Gasteiger partial charge in [0, 0.05) is 43.2 Å². The summed E-state index contributed by atoms with van der Waals surface area (Å²) in [5.41, 5.74) is 2.77. The Balaban J connectivity index is 1.42. The largest absolute Gasteiger partial charge is 0.389 e. The zero-order valence-corrected chi connectivity index (χ0v) is 20.4. The number of rotatable bonds is 4. The maximum absolute atomic E-state index is 14.1. The van der Waals surface area contributed by atoms with Crippen molar-refractivity contribution in [2.24, 2.45) is 5.92 Å². The second-order valence-electron chi connectivity index (χ2n) is 10.3. The average molecular weight is 506 g/mol. The molecule has 5 rings (SSSR count). The number of piperidine rings is 1. The number of amides is 1. The van der Waals surface area contributed by atoms with E-state index in [1.807, 2.05) is 36.4 Å². The van der Waals surface area contributed by atoms with Gasteiger partial charge in [-0.15, -0.1) is 0 Å². The molecule has 1 aromatic carbocycles. The van der Waals surface area contributed by atoms with Crippen molar-refractivity contribution in [2.45, 2.75) is 68.5 Å². The molecule has 0 radical (unpaired) electrons. The van der Waals surface area contributed by atoms with Crippen LogP contribution in [0.3, 0.4) is 0 Å². The van der Waals surface area contributed by atoms with E-state index < -0.39 is 18.6 Å². The standard InChI is InChI=1S/C27H31ClF3N3O/c28-24-9-8-21-23(33-24)7-4-12-26(21)17-32-16-22(26)25(35)34-14-11-19(18-5-2-1-3-6-18)15-20(34)10-13-27(29,30)31/h1-3,5-6,8-9,19-20,22,32H,4,7,10-17H2/t19-,20?,22+,26+/m1/s1. The molecule has 4 nitrogen and oxygen atoms in total. The van der Waals surface area contributed by atoms with Crippen LogP contribution in [0.5, 0.6) is 0 Å². The molecule has 8 heteroatoms. The summed E-state index contributed by atoms with van der Waals surface area (Å²) in [6.45, 7) is 1.69. The lowest BCUT2D eigenvalue weighted by Crippen LogP contribution is -2.53. The van der Waals surface area contributed by atoms with Gasteiger partial charge < -0.3 is 10.2 Å². The summed E-state index contributed by atoms with van der Waals surface area (Å²) >= 11 is 6.15. The summed E-state index contributed by atoms with van der Waals surface area (Å²) in [6, 6.07) is 13.3. The Bertz CT molecular complexity index is 1060. The fraction of sp³-hybridized carbons (Fsp3) is 0.556. The number of benzene rings is 1. The van der Waals surface area contributed by atoms with Gasteiger partial charge in [0.15, 0.2) is 0 Å². The van der Waals surface area contributed by atoms with Crippen LogP contribution in [-0.2, 0) is 16.6 Å². The number of halogens is 4. The molecule has 35 heavy (non-hydrogen) atoms. The van der Waals surface area contributed by atoms with Gasteiger partial charge in [-0.1, -0.05) is 48.0 Å². The fourth-order valence-corrected chi connectivity index (χ4v) is 6.79. The number of carbonyl (C=O) groups is 1. The lowest BCUT2D eigenvalue weighted by atomic mass is 9.65. The first kappa shape index (κ1) is 24.6. The van der Waals surface area contributed by atoms with Crippen LogP contribution >= 0.6 is 11.6 Å². The third-order valence-electron chi connectivity index (χ3n) is 8.30. The molecule has 0 bridgehead atoms. The molecule has 188 valence electrons. The van der Waals surface area contributed by atoms with Crippen molar-refractivity contribution in [3.63, 3.8) is 0 Å². The van der Waals surface area contributed by atoms with Crippen molar-refractivity contribution in [2.75, 3.05) is 19.6 Å². The highest BCUT2D eigenvalue weighted by Crippen LogP contribution is 2.46. The molecule has 2 fully saturated rings. The van der Waals surface area contributed by atoms with Gasteiger partial charge in [-0.2, -0.15) is 13.2 Å². The maximum Gasteiger partial charge on any atom is 0.389 e. The smallest absolute Gasteiger partial charge is 0.339 e. The van der Waals surface area contributed by atoms with Gasteiger partial charge in [0.2, 0.25) is 5.91 Å². The van der Waals surface area contributed by atoms with E-state index >= 15 is 0 Å². The number of hydrogen-bond donors (Lipinski definition) is 1. The third-order valence-corrected chi connectivity index (χ3v) is 8.51. The molecule has 3 aliphatic rings. The zero-order valence-electron chi connectivity index (χ0n) is 19.7. The molecular weight excluding hydrogens is 475 g/mol. The van der Waals surface area contributed by atoms with E-state index in [0.29, 0.717) is 31.2 Å². The average Bonchev–Trinajstić information content (AvgIpc) is 3.26. The highest BCUT2D eigenvalue weighted by molar-refractivity contribution is 6.29. The van der Waals surface area contributed by atoms with Crippen LogP contribution in [0.4, 0.5) is 13.2 Å². The Hall–Kier alpha value is -2.12. The lowest BCUT2D eigenvalue weighted by Gasteiger charge is -2.45. The molecule has 1 N–H and O–H groups in total. The number of nitrogens with one attached hydrogen (secondary N) is 1. The van der Waals surface area contributed by atoms with E-state index in [9.17, 15) is 18.0 Å². The first-order chi connectivity index (χ1) is 16.8. The Morgan fingerprint density at radius 3 is 2.77 bits per heavy atom. The van der Waals surface area contributed by atoms with Gasteiger partial charge >= 0.3 is 6.18 Å². The molecule has 0 saturated carbocycles. The highest BCUT2D eigenvalue weighted by Gasteiger charge is 2.52. The topological polar surface area (TPSA) is 45.2 Å². The molecule has 2 aliphatic heterocycles. The second kappa shape index (κ2) is 9.74. The van der Waals surface area contributed by atoms with E-state index in [-0.39, 0.29) is 29.6 Å². The summed E-state index contributed by atoms with van der Waals surface area (Å²) in [5, 5.41) is 3.87. The summed E-state index contributed by atoms with van der Waals surface area (Å²) < 4.78 is 39.6. The number of hydrogen-bond acceptors (Lipinski definition) is 3. The number of aromatic nitrogens is 1. The van der Waals surface area contributed by atoms with Crippen LogP contribution in [0.1, 0.15) is 61.3 Å². The normalized spacial score (nSPS) is 28.8. The van der Waals surface area contributed by atoms with Crippen molar-refractivity contribution < 1.29 is 18.0 Å². The molecule has 1 spiro atoms. The van der Waals surface area contributed by atoms with Crippen LogP contribution in [0.15, 0.2) is 42.5 Å². The minimum atomic E-state index is -4.24. The third kappa shape index (κ3) is 4.94. The Kier molecular flexibility index (Phi) is 6.83. The number of alkyl halides is 3. The van der Waals surface area contributed by atoms with Gasteiger partial charge in [-0.05, 0) is 61.6 Å². The number of likely N-dealkylation sites (tertiary alicyclic amines) is 1. The monoisotopic (exact) mass is 505 g/mol. The first-order valence-corrected chi connectivity index (χ1v) is 12.9. The molecule has 1 amide bonds. The number of fused-ring (bicyclic) bond motifs is 2. The molecule has 1 aliphatic carbocycles. The molecule has 4 atom stereocenters. The summed E-state index contributed by atoms with van der Waals surface area (Å²) in [4.78, 5) is 20.4. The Morgan fingerprint density at radius 2 is 2.00 bits per heavy atom. The summed E-state index contributed by atoms with van der Waals surface area (Å²) in [6.07, 6.45) is -1.24. The number of aryl methyl sites for hydroxylation is 1. The van der Waals surface area contributed by atoms with Crippen molar-refractivity contribution in [3.8, 4) is 0 Å². The highest BCUT2D eigenvalue weighted by atomic mass is 35.5. The quantitative estimate of drug-likeness (QED) is 0.546. The minimum absolute atomic E-state index is 0.0171. The Labute approximate surface area is 209 Å². The molecule has 1 unspecified atom stereocenters. The van der Waals surface area contributed by atoms with Crippen LogP contribution in [0.2, 0.25) is 5.15 Å². The summed E-state index contributed by atoms with van der Waals surface area (Å²) in [7, 11) is 0. The van der Waals surface area contributed by atoms with Gasteiger partial charge in [0.1, 0.15) is 5.15 Å². The number of nitrogens with zero attached hydrogens (tertiary/aromatic N) is 2. The fourth-order valence-electron chi connectivity index (χ4n) is 6.63. The van der Waals surface area contributed by atoms with E-state index in [0.717, 1.165) is 42.5 Å². The second-order valence-corrected chi connectivity index (χ2v) is 10.7. The van der Waals surface area contributed by atoms with Crippen molar-refractivity contribution in [1.29, 1.82) is 0 Å². The van der Waals surface area contributed by atoms with Gasteiger partial charge in [0.25, 0.3) is 0 Å². The minimum Gasteiger partial charge on any atom is -0.339 e. The molecule has 2 saturated heterocycles. The van der Waals surface area contributed by atoms with E-state index in [1.165, 1.54) is 0 Å². The van der Waals surface area contributed by atoms with E-state index in [2.05, 4.69) is 10.3 Å². The predicted molar refractivity (Wildman–Crippen MR) is 129 cm³/mol. The molecule has 2 aromatic rings. The van der Waals surface area contributed by atoms with Crippen LogP contribution in [0.25, 0.3) is 0 Å². The molecule has 3 heterocycles. The van der Waals surface area contributed by atoms with Crippen molar-refractivity contribution >= 4 is 17.5 Å². The first-order valence-electron chi connectivity index (χ1n) is 12.6. The van der Waals surface area contributed by atoms with Crippen molar-refractivity contribution in [1.82, 2.24) is 15.2 Å². The Morgan fingerprint density at radius 1 is 1.20 bits per heavy atom. The molecule has 1 aromatic heterocycles. The number of pyridine rings is 1. The summed E-state index contributed by atoms with van der Waals surface area (Å²) in [5.74, 6) is -0.168. The van der Waals surface area contributed by atoms with E-state index in [1.54, 1.807) is 11.0 Å². The molecular formula is C27H31ClF3N3O. The number of carbonyl (C=O) groups excluding carboxylic acids is 1. The zero-order chi connectivity index (χ0) is 24.6. The van der Waals surface area contributed by atoms with Crippen molar-refractivity contribution in [3.05, 3.63) is 64.4 Å². The maximum atomic E-state index is 14.1.